The molecule has 2 aliphatic carbocycles. The van der Waals surface area contributed by atoms with E-state index in [1.165, 1.54) is 10.6 Å². The second kappa shape index (κ2) is 5.03. The number of alkyl halides is 1. The van der Waals surface area contributed by atoms with Gasteiger partial charge >= 0.3 is 5.97 Å². The summed E-state index contributed by atoms with van der Waals surface area (Å²) in [6.45, 7) is 0. The van der Waals surface area contributed by atoms with Gasteiger partial charge in [-0.15, -0.1) is 0 Å². The Morgan fingerprint density at radius 3 is 2.80 bits per heavy atom. The fourth-order valence-electron chi connectivity index (χ4n) is 3.22. The summed E-state index contributed by atoms with van der Waals surface area (Å²) in [6.07, 6.45) is -0.402. The molecule has 4 rings (SSSR count). The molecular weight excluding hydrogens is 338 g/mol. The van der Waals surface area contributed by atoms with Crippen molar-refractivity contribution in [1.82, 2.24) is 4.57 Å². The molecule has 3 aliphatic rings. The molecular formula is C16H12F2N2O5. The van der Waals surface area contributed by atoms with E-state index in [0.29, 0.717) is 0 Å². The molecule has 0 aromatic carbocycles. The molecule has 1 aromatic rings. The summed E-state index contributed by atoms with van der Waals surface area (Å²) in [4.78, 5) is 23.7. The van der Waals surface area contributed by atoms with E-state index in [4.69, 9.17) is 10.5 Å². The van der Waals surface area contributed by atoms with E-state index < -0.39 is 47.2 Å². The maximum Gasteiger partial charge on any atom is 0.341 e. The SMILES string of the molecule is NC1CC2=C(C=C1O)n1cc(C(=O)O)c(=O)c3c1C(=C(F)C(F)C3)O2. The number of hydrogen-bond donors (Lipinski definition) is 3. The summed E-state index contributed by atoms with van der Waals surface area (Å²) in [5, 5.41) is 19.1. The fourth-order valence-corrected chi connectivity index (χ4v) is 3.22. The number of ether oxygens (including phenoxy) is 1. The molecule has 0 radical (unpaired) electrons. The first-order valence-corrected chi connectivity index (χ1v) is 7.43. The second-order valence-corrected chi connectivity index (χ2v) is 6.01. The number of rotatable bonds is 1. The minimum atomic E-state index is -2.10. The highest BCUT2D eigenvalue weighted by Gasteiger charge is 2.39. The number of hydrogen-bond acceptors (Lipinski definition) is 5. The highest BCUT2D eigenvalue weighted by molar-refractivity contribution is 5.89. The molecule has 0 fully saturated rings. The monoisotopic (exact) mass is 350 g/mol. The number of aliphatic hydroxyl groups is 1. The average molecular weight is 350 g/mol. The molecule has 0 bridgehead atoms. The molecule has 0 saturated carbocycles. The highest BCUT2D eigenvalue weighted by Crippen LogP contribution is 2.43. The van der Waals surface area contributed by atoms with Crippen LogP contribution < -0.4 is 11.2 Å². The van der Waals surface area contributed by atoms with Gasteiger partial charge in [-0.2, -0.15) is 0 Å². The summed E-state index contributed by atoms with van der Waals surface area (Å²) in [5.74, 6) is -3.12. The van der Waals surface area contributed by atoms with Crippen LogP contribution in [0.1, 0.15) is 28.0 Å². The van der Waals surface area contributed by atoms with Crippen molar-refractivity contribution in [3.05, 3.63) is 56.7 Å². The lowest BCUT2D eigenvalue weighted by atomic mass is 9.93. The zero-order chi connectivity index (χ0) is 18.0. The fraction of sp³-hybridized carbons (Fsp3) is 0.250. The predicted molar refractivity (Wildman–Crippen MR) is 81.9 cm³/mol. The van der Waals surface area contributed by atoms with Crippen molar-refractivity contribution in [1.29, 1.82) is 0 Å². The Hall–Kier alpha value is -2.94. The number of fused-ring (bicyclic) bond motifs is 1. The Morgan fingerprint density at radius 2 is 2.12 bits per heavy atom. The molecule has 7 nitrogen and oxygen atoms in total. The van der Waals surface area contributed by atoms with Crippen LogP contribution in [-0.4, -0.2) is 33.0 Å². The zero-order valence-electron chi connectivity index (χ0n) is 12.6. The third-order valence-electron chi connectivity index (χ3n) is 4.46. The largest absolute Gasteiger partial charge is 0.511 e. The second-order valence-electron chi connectivity index (χ2n) is 6.01. The highest BCUT2D eigenvalue weighted by atomic mass is 19.2. The van der Waals surface area contributed by atoms with Gasteiger partial charge in [-0.1, -0.05) is 0 Å². The van der Waals surface area contributed by atoms with Crippen LogP contribution in [-0.2, 0) is 11.2 Å². The first-order valence-electron chi connectivity index (χ1n) is 7.43. The molecule has 2 unspecified atom stereocenters. The summed E-state index contributed by atoms with van der Waals surface area (Å²) < 4.78 is 35.0. The van der Waals surface area contributed by atoms with Gasteiger partial charge in [0.1, 0.15) is 17.1 Å². The van der Waals surface area contributed by atoms with Crippen molar-refractivity contribution in [3.63, 3.8) is 0 Å². The Kier molecular flexibility index (Phi) is 3.13. The third kappa shape index (κ3) is 2.05. The van der Waals surface area contributed by atoms with Crippen molar-refractivity contribution in [3.8, 4) is 0 Å². The van der Waals surface area contributed by atoms with Gasteiger partial charge in [-0.05, 0) is 0 Å². The van der Waals surface area contributed by atoms with Crippen LogP contribution >= 0.6 is 0 Å². The summed E-state index contributed by atoms with van der Waals surface area (Å²) >= 11 is 0. The standard InChI is InChI=1S/C16H12F2N2O5/c17-7-1-5-13-15(12(7)18)25-11-2-8(19)10(21)3-9(11)20(13)4-6(14(5)22)16(23)24/h3-4,7-8,21H,1-2,19H2,(H,23,24). The van der Waals surface area contributed by atoms with Gasteiger partial charge in [0.2, 0.25) is 0 Å². The van der Waals surface area contributed by atoms with Gasteiger partial charge in [0.05, 0.1) is 17.4 Å². The Balaban J connectivity index is 2.10. The van der Waals surface area contributed by atoms with E-state index in [-0.39, 0.29) is 34.9 Å². The van der Waals surface area contributed by atoms with Gasteiger partial charge in [-0.25, -0.2) is 13.6 Å². The van der Waals surface area contributed by atoms with Crippen molar-refractivity contribution in [2.75, 3.05) is 0 Å². The number of nitrogens with two attached hydrogens (primary N) is 1. The third-order valence-corrected chi connectivity index (χ3v) is 4.46. The number of nitrogens with zero attached hydrogens (tertiary/aromatic N) is 1. The normalized spacial score (nSPS) is 24.4. The van der Waals surface area contributed by atoms with Crippen LogP contribution in [0.15, 0.2) is 34.4 Å². The molecule has 1 aliphatic heterocycles. The molecule has 9 heteroatoms. The Bertz CT molecular complexity index is 989. The maximum atomic E-state index is 14.3. The maximum absolute atomic E-state index is 14.3. The van der Waals surface area contributed by atoms with E-state index in [0.717, 1.165) is 6.20 Å². The molecule has 2 heterocycles. The van der Waals surface area contributed by atoms with Crippen molar-refractivity contribution >= 4 is 17.4 Å². The number of pyridine rings is 1. The summed E-state index contributed by atoms with van der Waals surface area (Å²) in [6, 6.07) is -0.786. The molecule has 4 N–H and O–H groups in total. The van der Waals surface area contributed by atoms with Crippen LogP contribution in [0.25, 0.3) is 11.5 Å². The van der Waals surface area contributed by atoms with Gasteiger partial charge < -0.3 is 25.3 Å². The van der Waals surface area contributed by atoms with Crippen LogP contribution in [0, 0.1) is 0 Å². The first kappa shape index (κ1) is 15.6. The smallest absolute Gasteiger partial charge is 0.341 e. The number of aromatic carboxylic acids is 1. The van der Waals surface area contributed by atoms with E-state index in [1.807, 2.05) is 0 Å². The quantitative estimate of drug-likeness (QED) is 0.706. The zero-order valence-corrected chi connectivity index (χ0v) is 12.6. The minimum Gasteiger partial charge on any atom is -0.511 e. The topological polar surface area (TPSA) is 115 Å². The van der Waals surface area contributed by atoms with Gasteiger partial charge in [0.15, 0.2) is 23.2 Å². The number of aromatic nitrogens is 1. The lowest BCUT2D eigenvalue weighted by Crippen LogP contribution is -2.35. The van der Waals surface area contributed by atoms with Gasteiger partial charge in [0, 0.05) is 30.7 Å². The van der Waals surface area contributed by atoms with Crippen LogP contribution in [0.2, 0.25) is 0 Å². The molecule has 2 atom stereocenters. The van der Waals surface area contributed by atoms with Crippen LogP contribution in [0.3, 0.4) is 0 Å². The molecule has 0 saturated heterocycles. The Labute approximate surface area is 138 Å². The van der Waals surface area contributed by atoms with Gasteiger partial charge in [0.25, 0.3) is 0 Å². The number of halogens is 2. The summed E-state index contributed by atoms with van der Waals surface area (Å²) in [7, 11) is 0. The minimum absolute atomic E-state index is 0.00863. The molecule has 0 amide bonds. The summed E-state index contributed by atoms with van der Waals surface area (Å²) in [5.41, 5.74) is 4.27. The van der Waals surface area contributed by atoms with Crippen molar-refractivity contribution in [2.45, 2.75) is 25.1 Å². The van der Waals surface area contributed by atoms with E-state index in [1.54, 1.807) is 0 Å². The average Bonchev–Trinajstić information content (AvgIpc) is 2.55. The lowest BCUT2D eigenvalue weighted by molar-refractivity contribution is 0.0694. The first-order chi connectivity index (χ1) is 11.8. The van der Waals surface area contributed by atoms with Crippen LogP contribution in [0.5, 0.6) is 0 Å². The number of allylic oxidation sites excluding steroid dienone is 3. The Morgan fingerprint density at radius 1 is 1.40 bits per heavy atom. The molecule has 130 valence electrons. The van der Waals surface area contributed by atoms with E-state index in [9.17, 15) is 28.6 Å². The van der Waals surface area contributed by atoms with Gasteiger partial charge in [-0.3, -0.25) is 4.79 Å². The molecule has 1 aromatic heterocycles. The van der Waals surface area contributed by atoms with E-state index >= 15 is 0 Å². The van der Waals surface area contributed by atoms with Crippen LogP contribution in [0.4, 0.5) is 8.78 Å². The van der Waals surface area contributed by atoms with Crippen molar-refractivity contribution < 1.29 is 28.5 Å². The number of carboxylic acid groups (broad SMARTS) is 1. The molecule has 25 heavy (non-hydrogen) atoms. The lowest BCUT2D eigenvalue weighted by Gasteiger charge is -2.34. The predicted octanol–water partition coefficient (Wildman–Crippen LogP) is 1.45. The number of carboxylic acids is 1. The number of carbonyl (C=O) groups is 1. The van der Waals surface area contributed by atoms with Crippen molar-refractivity contribution in [2.24, 2.45) is 5.73 Å². The van der Waals surface area contributed by atoms with E-state index in [2.05, 4.69) is 0 Å². The molecule has 0 spiro atoms. The number of aliphatic hydroxyl groups excluding tert-OH is 1.